The smallest absolute Gasteiger partial charge is 0.159 e. The molecule has 9 aromatic carbocycles. The monoisotopic (exact) mass is 728 g/mol. The van der Waals surface area contributed by atoms with Crippen molar-refractivity contribution in [3.8, 4) is 39.1 Å². The highest BCUT2D eigenvalue weighted by Gasteiger charge is 2.22. The zero-order valence-electron chi connectivity index (χ0n) is 31.1. The first-order valence-corrected chi connectivity index (χ1v) is 19.4. The number of anilines is 3. The molecule has 0 spiro atoms. The second-order valence-electron chi connectivity index (χ2n) is 14.6. The molecule has 0 atom stereocenters. The molecule has 0 aliphatic carbocycles. The van der Waals surface area contributed by atoms with Crippen LogP contribution in [0.3, 0.4) is 0 Å². The normalized spacial score (nSPS) is 11.5. The zero-order chi connectivity index (χ0) is 37.7. The van der Waals surface area contributed by atoms with Gasteiger partial charge in [0.15, 0.2) is 5.58 Å². The van der Waals surface area contributed by atoms with Crippen LogP contribution >= 0.6 is 0 Å². The molecule has 0 aliphatic heterocycles. The summed E-state index contributed by atoms with van der Waals surface area (Å²) in [6.07, 6.45) is 0. The maximum Gasteiger partial charge on any atom is 0.159 e. The lowest BCUT2D eigenvalue weighted by molar-refractivity contribution is 0.669. The van der Waals surface area contributed by atoms with Crippen LogP contribution in [0.4, 0.5) is 17.1 Å². The van der Waals surface area contributed by atoms with E-state index in [1.807, 2.05) is 6.07 Å². The van der Waals surface area contributed by atoms with Gasteiger partial charge in [0.25, 0.3) is 0 Å². The van der Waals surface area contributed by atoms with E-state index >= 15 is 0 Å². The predicted molar refractivity (Wildman–Crippen MR) is 239 cm³/mol. The highest BCUT2D eigenvalue weighted by atomic mass is 16.3. The van der Waals surface area contributed by atoms with Gasteiger partial charge in [-0.3, -0.25) is 0 Å². The third-order valence-corrected chi connectivity index (χ3v) is 11.1. The van der Waals surface area contributed by atoms with Crippen molar-refractivity contribution < 1.29 is 4.42 Å². The number of benzene rings is 9. The summed E-state index contributed by atoms with van der Waals surface area (Å²) in [6, 6.07) is 78.1. The van der Waals surface area contributed by atoms with E-state index in [4.69, 9.17) is 4.42 Å². The average molecular weight is 729 g/mol. The molecule has 0 N–H and O–H groups in total. The van der Waals surface area contributed by atoms with Gasteiger partial charge >= 0.3 is 0 Å². The molecule has 2 heterocycles. The molecule has 0 radical (unpaired) electrons. The van der Waals surface area contributed by atoms with Crippen LogP contribution in [0.2, 0.25) is 0 Å². The number of hydrogen-bond acceptors (Lipinski definition) is 2. The Bertz CT molecular complexity index is 3120. The van der Waals surface area contributed by atoms with Crippen LogP contribution in [-0.4, -0.2) is 4.57 Å². The van der Waals surface area contributed by atoms with Crippen molar-refractivity contribution >= 4 is 60.8 Å². The maximum absolute atomic E-state index is 6.72. The van der Waals surface area contributed by atoms with Crippen LogP contribution < -0.4 is 4.90 Å². The van der Waals surface area contributed by atoms with Crippen molar-refractivity contribution in [2.24, 2.45) is 0 Å². The largest absolute Gasteiger partial charge is 0.454 e. The van der Waals surface area contributed by atoms with Gasteiger partial charge in [-0.1, -0.05) is 140 Å². The van der Waals surface area contributed by atoms with Gasteiger partial charge in [-0.15, -0.1) is 0 Å². The van der Waals surface area contributed by atoms with Gasteiger partial charge in [-0.2, -0.15) is 0 Å². The molecule has 0 saturated heterocycles. The summed E-state index contributed by atoms with van der Waals surface area (Å²) < 4.78 is 9.15. The highest BCUT2D eigenvalue weighted by Crippen LogP contribution is 2.45. The van der Waals surface area contributed by atoms with Crippen molar-refractivity contribution in [2.45, 2.75) is 0 Å². The number of rotatable bonds is 7. The molecule has 0 aliphatic rings. The molecule has 0 saturated carbocycles. The Morgan fingerprint density at radius 2 is 0.842 bits per heavy atom. The van der Waals surface area contributed by atoms with Crippen LogP contribution in [0, 0.1) is 0 Å². The fourth-order valence-corrected chi connectivity index (χ4v) is 8.49. The number of para-hydroxylation sites is 4. The topological polar surface area (TPSA) is 21.3 Å². The number of hydrogen-bond donors (Lipinski definition) is 0. The third kappa shape index (κ3) is 5.68. The predicted octanol–water partition coefficient (Wildman–Crippen LogP) is 15.2. The van der Waals surface area contributed by atoms with Crippen molar-refractivity contribution in [3.63, 3.8) is 0 Å². The average Bonchev–Trinajstić information content (AvgIpc) is 3.83. The van der Waals surface area contributed by atoms with E-state index in [0.29, 0.717) is 0 Å². The first-order valence-electron chi connectivity index (χ1n) is 19.4. The standard InChI is InChI=1S/C54H36N2O/c1-5-17-37(18-6-1)40-31-41(38-19-7-2-8-20-38)33-45(32-40)56-50-27-15-13-25-46(50)48-34-39(29-30-51(48)56)42-35-49-47-26-14-16-28-53(47)57-54(49)52(36-42)55(43-21-9-3-10-22-43)44-23-11-4-12-24-44/h1-36H. The fourth-order valence-electron chi connectivity index (χ4n) is 8.49. The van der Waals surface area contributed by atoms with Crippen molar-refractivity contribution in [3.05, 3.63) is 218 Å². The Kier molecular flexibility index (Phi) is 7.82. The molecule has 0 unspecified atom stereocenters. The molecule has 11 aromatic rings. The van der Waals surface area contributed by atoms with Crippen molar-refractivity contribution in [2.75, 3.05) is 4.90 Å². The Morgan fingerprint density at radius 1 is 0.333 bits per heavy atom. The van der Waals surface area contributed by atoms with E-state index in [2.05, 4.69) is 222 Å². The first-order chi connectivity index (χ1) is 28.3. The number of nitrogens with zero attached hydrogens (tertiary/aromatic N) is 2. The Morgan fingerprint density at radius 3 is 1.49 bits per heavy atom. The summed E-state index contributed by atoms with van der Waals surface area (Å²) in [6.45, 7) is 0. The second kappa shape index (κ2) is 13.6. The van der Waals surface area contributed by atoms with Gasteiger partial charge in [0, 0.05) is 38.6 Å². The van der Waals surface area contributed by atoms with E-state index in [-0.39, 0.29) is 0 Å². The Labute approximate surface area is 330 Å². The lowest BCUT2D eigenvalue weighted by Crippen LogP contribution is -2.10. The van der Waals surface area contributed by atoms with Crippen molar-refractivity contribution in [1.82, 2.24) is 4.57 Å². The minimum Gasteiger partial charge on any atom is -0.454 e. The van der Waals surface area contributed by atoms with Crippen LogP contribution in [0.1, 0.15) is 0 Å². The van der Waals surface area contributed by atoms with Crippen LogP contribution in [0.25, 0.3) is 82.8 Å². The van der Waals surface area contributed by atoms with E-state index in [1.54, 1.807) is 0 Å². The summed E-state index contributed by atoms with van der Waals surface area (Å²) in [7, 11) is 0. The van der Waals surface area contributed by atoms with E-state index in [0.717, 1.165) is 61.3 Å². The molecule has 57 heavy (non-hydrogen) atoms. The molecule has 3 nitrogen and oxygen atoms in total. The van der Waals surface area contributed by atoms with Gasteiger partial charge in [0.2, 0.25) is 0 Å². The van der Waals surface area contributed by atoms with Gasteiger partial charge in [0.1, 0.15) is 5.58 Å². The van der Waals surface area contributed by atoms with Crippen LogP contribution in [-0.2, 0) is 0 Å². The summed E-state index contributed by atoms with van der Waals surface area (Å²) in [5, 5.41) is 4.60. The van der Waals surface area contributed by atoms with Gasteiger partial charge < -0.3 is 13.9 Å². The highest BCUT2D eigenvalue weighted by molar-refractivity contribution is 6.14. The fraction of sp³-hybridized carbons (Fsp3) is 0. The van der Waals surface area contributed by atoms with Gasteiger partial charge in [0.05, 0.1) is 16.7 Å². The molecule has 0 amide bonds. The molecule has 0 bridgehead atoms. The molecule has 0 fully saturated rings. The van der Waals surface area contributed by atoms with Crippen LogP contribution in [0.5, 0.6) is 0 Å². The summed E-state index contributed by atoms with van der Waals surface area (Å²) in [5.41, 5.74) is 15.3. The van der Waals surface area contributed by atoms with Gasteiger partial charge in [-0.05, 0) is 112 Å². The van der Waals surface area contributed by atoms with E-state index in [9.17, 15) is 0 Å². The SMILES string of the molecule is c1ccc(-c2cc(-c3ccccc3)cc(-n3c4ccccc4c4cc(-c5cc(N(c6ccccc6)c6ccccc6)c6oc7ccccc7c6c5)ccc43)c2)cc1. The molecule has 11 rings (SSSR count). The quantitative estimate of drug-likeness (QED) is 0.163. The molecular formula is C54H36N2O. The Hall–Kier alpha value is -7.62. The summed E-state index contributed by atoms with van der Waals surface area (Å²) in [4.78, 5) is 2.31. The van der Waals surface area contributed by atoms with E-state index < -0.39 is 0 Å². The zero-order valence-corrected chi connectivity index (χ0v) is 31.1. The number of aromatic nitrogens is 1. The summed E-state index contributed by atoms with van der Waals surface area (Å²) >= 11 is 0. The van der Waals surface area contributed by atoms with Crippen LogP contribution in [0.15, 0.2) is 223 Å². The molecule has 268 valence electrons. The first kappa shape index (κ1) is 32.8. The molecular weight excluding hydrogens is 693 g/mol. The lowest BCUT2D eigenvalue weighted by atomic mass is 9.97. The van der Waals surface area contributed by atoms with Crippen molar-refractivity contribution in [1.29, 1.82) is 0 Å². The van der Waals surface area contributed by atoms with E-state index in [1.165, 1.54) is 38.5 Å². The number of furan rings is 1. The number of fused-ring (bicyclic) bond motifs is 6. The minimum atomic E-state index is 0.859. The molecule has 2 aromatic heterocycles. The summed E-state index contributed by atoms with van der Waals surface area (Å²) in [5.74, 6) is 0. The molecule has 3 heteroatoms. The Balaban J connectivity index is 1.15. The third-order valence-electron chi connectivity index (χ3n) is 11.1. The second-order valence-corrected chi connectivity index (χ2v) is 14.6. The van der Waals surface area contributed by atoms with Gasteiger partial charge in [-0.25, -0.2) is 0 Å². The minimum absolute atomic E-state index is 0.859. The lowest BCUT2D eigenvalue weighted by Gasteiger charge is -2.26. The maximum atomic E-state index is 6.72.